The lowest BCUT2D eigenvalue weighted by Gasteiger charge is -2.21. The fraction of sp³-hybridized carbons (Fsp3) is 0.944. The van der Waals surface area contributed by atoms with E-state index in [1.165, 1.54) is 180 Å². The number of phosphoric ester groups is 2. The first-order chi connectivity index (χ1) is 43.9. The molecule has 3 unspecified atom stereocenters. The summed E-state index contributed by atoms with van der Waals surface area (Å²) in [7, 11) is -9.89. The Morgan fingerprint density at radius 1 is 0.319 bits per heavy atom. The molecule has 0 saturated carbocycles. The highest BCUT2D eigenvalue weighted by Gasteiger charge is 2.30. The SMILES string of the molecule is CCCCCCCCCCCCCCCCCCCCCCCCC(=O)O[C@H](COC(=O)CCCCCCCCCCCCC(C)CC)COP(=O)(O)OC[C@@H](O)COP(=O)(O)OC[C@@H](COC(=O)CCCCCCC)OC(=O)CCCCCCCCCC(C)C. The molecule has 6 atom stereocenters. The van der Waals surface area contributed by atoms with Crippen LogP contribution in [0.15, 0.2) is 0 Å². The Labute approximate surface area is 556 Å². The van der Waals surface area contributed by atoms with Crippen molar-refractivity contribution >= 4 is 39.5 Å². The van der Waals surface area contributed by atoms with Gasteiger partial charge in [0.15, 0.2) is 12.2 Å². The largest absolute Gasteiger partial charge is 0.472 e. The molecule has 0 saturated heterocycles. The number of rotatable bonds is 71. The van der Waals surface area contributed by atoms with Crippen LogP contribution in [0.4, 0.5) is 0 Å². The maximum atomic E-state index is 13.1. The Hall–Kier alpha value is -1.94. The van der Waals surface area contributed by atoms with Crippen LogP contribution in [-0.4, -0.2) is 96.7 Å². The quantitative estimate of drug-likeness (QED) is 0.0222. The molecule has 0 amide bonds. The van der Waals surface area contributed by atoms with E-state index in [1.807, 2.05) is 0 Å². The van der Waals surface area contributed by atoms with E-state index in [4.69, 9.17) is 37.0 Å². The Balaban J connectivity index is 5.10. The first-order valence-corrected chi connectivity index (χ1v) is 40.5. The number of unbranched alkanes of at least 4 members (excludes halogenated alkanes) is 40. The minimum Gasteiger partial charge on any atom is -0.462 e. The van der Waals surface area contributed by atoms with Crippen molar-refractivity contribution in [3.8, 4) is 0 Å². The third-order valence-electron chi connectivity index (χ3n) is 17.1. The number of ether oxygens (including phenoxy) is 4. The van der Waals surface area contributed by atoms with Crippen molar-refractivity contribution in [1.82, 2.24) is 0 Å². The number of esters is 4. The average molecular weight is 1340 g/mol. The molecule has 0 aliphatic carbocycles. The van der Waals surface area contributed by atoms with E-state index < -0.39 is 97.5 Å². The number of aliphatic hydroxyl groups excluding tert-OH is 1. The Kier molecular flexibility index (Phi) is 62.7. The predicted molar refractivity (Wildman–Crippen MR) is 368 cm³/mol. The molecule has 19 heteroatoms. The van der Waals surface area contributed by atoms with Crippen LogP contribution in [-0.2, 0) is 65.4 Å². The van der Waals surface area contributed by atoms with Crippen molar-refractivity contribution < 1.29 is 80.2 Å². The minimum atomic E-state index is -4.95. The molecule has 0 aromatic rings. The molecule has 91 heavy (non-hydrogen) atoms. The number of carbonyl (C=O) groups excluding carboxylic acids is 4. The van der Waals surface area contributed by atoms with E-state index >= 15 is 0 Å². The molecule has 0 radical (unpaired) electrons. The summed E-state index contributed by atoms with van der Waals surface area (Å²) in [6.07, 6.45) is 50.6. The van der Waals surface area contributed by atoms with Gasteiger partial charge in [-0.2, -0.15) is 0 Å². The number of aliphatic hydroxyl groups is 1. The fourth-order valence-electron chi connectivity index (χ4n) is 10.9. The van der Waals surface area contributed by atoms with Crippen molar-refractivity contribution in [2.45, 2.75) is 387 Å². The molecular weight excluding hydrogens is 1200 g/mol. The van der Waals surface area contributed by atoms with Crippen molar-refractivity contribution in [2.75, 3.05) is 39.6 Å². The maximum absolute atomic E-state index is 13.1. The zero-order valence-electron chi connectivity index (χ0n) is 59.1. The average Bonchev–Trinajstić information content (AvgIpc) is 3.32. The van der Waals surface area contributed by atoms with Gasteiger partial charge in [0, 0.05) is 25.7 Å². The van der Waals surface area contributed by atoms with E-state index in [0.29, 0.717) is 31.6 Å². The van der Waals surface area contributed by atoms with E-state index in [1.54, 1.807) is 0 Å². The molecule has 0 heterocycles. The highest BCUT2D eigenvalue weighted by molar-refractivity contribution is 7.47. The summed E-state index contributed by atoms with van der Waals surface area (Å²) in [6.45, 7) is 9.43. The molecule has 0 aromatic heterocycles. The standard InChI is InChI=1S/C72H140O17P2/c1-7-10-12-14-15-16-17-18-19-20-21-22-23-24-25-26-27-28-33-38-44-50-56-71(76)89-68(61-83-70(75)55-49-43-37-32-30-29-31-36-42-47-53-65(6)9-3)63-87-91(80,81)85-59-66(73)58-84-90(78,79)86-62-67(60-82-69(74)54-48-40-13-11-8-2)88-72(77)57-51-45-39-34-35-41-46-52-64(4)5/h64-68,73H,7-63H2,1-6H3,(H,78,79)(H,80,81)/t65?,66-,67+,68+/m0/s1. The van der Waals surface area contributed by atoms with Crippen molar-refractivity contribution in [3.05, 3.63) is 0 Å². The number of carbonyl (C=O) groups is 4. The molecule has 3 N–H and O–H groups in total. The summed E-state index contributed by atoms with van der Waals surface area (Å²) in [4.78, 5) is 72.3. The zero-order chi connectivity index (χ0) is 67.2. The van der Waals surface area contributed by atoms with Crippen molar-refractivity contribution in [1.29, 1.82) is 0 Å². The highest BCUT2D eigenvalue weighted by Crippen LogP contribution is 2.45. The van der Waals surface area contributed by atoms with Gasteiger partial charge in [-0.05, 0) is 37.5 Å². The second-order valence-corrected chi connectivity index (χ2v) is 29.6. The van der Waals surface area contributed by atoms with E-state index in [0.717, 1.165) is 102 Å². The van der Waals surface area contributed by atoms with Gasteiger partial charge < -0.3 is 33.8 Å². The summed E-state index contributed by atoms with van der Waals surface area (Å²) < 4.78 is 68.1. The molecule has 0 aliphatic heterocycles. The van der Waals surface area contributed by atoms with E-state index in [9.17, 15) is 43.2 Å². The van der Waals surface area contributed by atoms with Gasteiger partial charge in [-0.3, -0.25) is 37.3 Å². The van der Waals surface area contributed by atoms with E-state index in [2.05, 4.69) is 41.5 Å². The van der Waals surface area contributed by atoms with Gasteiger partial charge in [-0.15, -0.1) is 0 Å². The van der Waals surface area contributed by atoms with Crippen LogP contribution < -0.4 is 0 Å². The van der Waals surface area contributed by atoms with Gasteiger partial charge in [0.1, 0.15) is 19.3 Å². The van der Waals surface area contributed by atoms with Crippen LogP contribution >= 0.6 is 15.6 Å². The maximum Gasteiger partial charge on any atom is 0.472 e. The third kappa shape index (κ3) is 65.1. The molecule has 540 valence electrons. The predicted octanol–water partition coefficient (Wildman–Crippen LogP) is 20.8. The smallest absolute Gasteiger partial charge is 0.462 e. The van der Waals surface area contributed by atoms with Crippen molar-refractivity contribution in [2.24, 2.45) is 11.8 Å². The van der Waals surface area contributed by atoms with Gasteiger partial charge in [0.25, 0.3) is 0 Å². The summed E-state index contributed by atoms with van der Waals surface area (Å²) in [6, 6.07) is 0. The molecule has 0 spiro atoms. The lowest BCUT2D eigenvalue weighted by molar-refractivity contribution is -0.161. The summed E-state index contributed by atoms with van der Waals surface area (Å²) in [5, 5.41) is 10.6. The summed E-state index contributed by atoms with van der Waals surface area (Å²) >= 11 is 0. The third-order valence-corrected chi connectivity index (χ3v) is 19.0. The first-order valence-electron chi connectivity index (χ1n) is 37.5. The molecule has 0 fully saturated rings. The zero-order valence-corrected chi connectivity index (χ0v) is 60.9. The molecule has 17 nitrogen and oxygen atoms in total. The van der Waals surface area contributed by atoms with Crippen LogP contribution in [0, 0.1) is 11.8 Å². The minimum absolute atomic E-state index is 0.103. The Morgan fingerprint density at radius 3 is 0.835 bits per heavy atom. The molecular formula is C72H140O17P2. The normalized spacial score (nSPS) is 14.4. The van der Waals surface area contributed by atoms with Crippen LogP contribution in [0.1, 0.15) is 369 Å². The molecule has 0 aliphatic rings. The number of phosphoric acid groups is 2. The second-order valence-electron chi connectivity index (χ2n) is 26.7. The van der Waals surface area contributed by atoms with E-state index in [-0.39, 0.29) is 25.7 Å². The monoisotopic (exact) mass is 1340 g/mol. The summed E-state index contributed by atoms with van der Waals surface area (Å²) in [5.74, 6) is -0.632. The number of hydrogen-bond acceptors (Lipinski definition) is 15. The van der Waals surface area contributed by atoms with Gasteiger partial charge in [0.05, 0.1) is 26.4 Å². The lowest BCUT2D eigenvalue weighted by atomic mass is 9.99. The van der Waals surface area contributed by atoms with Gasteiger partial charge >= 0.3 is 39.5 Å². The van der Waals surface area contributed by atoms with Crippen LogP contribution in [0.25, 0.3) is 0 Å². The Bertz CT molecular complexity index is 1770. The van der Waals surface area contributed by atoms with Crippen LogP contribution in [0.3, 0.4) is 0 Å². The van der Waals surface area contributed by atoms with Gasteiger partial charge in [-0.1, -0.05) is 318 Å². The van der Waals surface area contributed by atoms with Crippen molar-refractivity contribution in [3.63, 3.8) is 0 Å². The van der Waals surface area contributed by atoms with Gasteiger partial charge in [0.2, 0.25) is 0 Å². The van der Waals surface area contributed by atoms with Crippen LogP contribution in [0.2, 0.25) is 0 Å². The lowest BCUT2D eigenvalue weighted by Crippen LogP contribution is -2.30. The highest BCUT2D eigenvalue weighted by atomic mass is 31.2. The molecule has 0 aromatic carbocycles. The van der Waals surface area contributed by atoms with Gasteiger partial charge in [-0.25, -0.2) is 9.13 Å². The number of hydrogen-bond donors (Lipinski definition) is 3. The first kappa shape index (κ1) is 89.1. The molecule has 0 rings (SSSR count). The Morgan fingerprint density at radius 2 is 0.560 bits per heavy atom. The second kappa shape index (κ2) is 64.1. The topological polar surface area (TPSA) is 237 Å². The fourth-order valence-corrected chi connectivity index (χ4v) is 12.5. The summed E-state index contributed by atoms with van der Waals surface area (Å²) in [5.41, 5.74) is 0. The van der Waals surface area contributed by atoms with Crippen LogP contribution in [0.5, 0.6) is 0 Å². The molecule has 0 bridgehead atoms.